The van der Waals surface area contributed by atoms with Crippen LogP contribution in [-0.4, -0.2) is 47.2 Å². The van der Waals surface area contributed by atoms with Crippen LogP contribution in [0.2, 0.25) is 0 Å². The molecule has 0 aromatic heterocycles. The van der Waals surface area contributed by atoms with Crippen molar-refractivity contribution in [2.75, 3.05) is 7.11 Å². The van der Waals surface area contributed by atoms with Gasteiger partial charge in [0.1, 0.15) is 5.75 Å². The van der Waals surface area contributed by atoms with E-state index in [1.807, 2.05) is 31.2 Å². The average Bonchev–Trinajstić information content (AvgIpc) is 3.08. The lowest BCUT2D eigenvalue weighted by atomic mass is 9.54. The zero-order chi connectivity index (χ0) is 24.1. The first-order chi connectivity index (χ1) is 16.4. The number of aromatic hydroxyl groups is 1. The second kappa shape index (κ2) is 8.56. The summed E-state index contributed by atoms with van der Waals surface area (Å²) in [4.78, 5) is 39.2. The van der Waals surface area contributed by atoms with Crippen LogP contribution < -0.4 is 0 Å². The van der Waals surface area contributed by atoms with E-state index in [0.717, 1.165) is 30.1 Å². The quantitative estimate of drug-likeness (QED) is 0.529. The summed E-state index contributed by atoms with van der Waals surface area (Å²) in [5.41, 5.74) is 2.37. The van der Waals surface area contributed by atoms with Crippen molar-refractivity contribution in [3.8, 4) is 5.75 Å². The van der Waals surface area contributed by atoms with Crippen molar-refractivity contribution in [1.29, 1.82) is 0 Å². The van der Waals surface area contributed by atoms with Crippen molar-refractivity contribution in [3.63, 3.8) is 0 Å². The molecule has 5 rings (SSSR count). The highest BCUT2D eigenvalue weighted by atomic mass is 16.5. The number of rotatable bonds is 3. The number of likely N-dealkylation sites (tertiary alicyclic amines) is 1. The third-order valence-corrected chi connectivity index (χ3v) is 7.40. The van der Waals surface area contributed by atoms with E-state index in [2.05, 4.69) is 0 Å². The SMILES string of the molecule is CCCC1=C2B(O)O[C@H](c3ccc(O)c4ccccc34)C[C@H]2[C@H]2C(=O)N(C(=O)OC)C(=O)[C@H]2C1. The number of carbonyl (C=O) groups excluding carboxylic acids is 3. The number of allylic oxidation sites excluding steroid dienone is 2. The molecule has 9 heteroatoms. The van der Waals surface area contributed by atoms with Crippen LogP contribution in [0.25, 0.3) is 10.8 Å². The highest BCUT2D eigenvalue weighted by molar-refractivity contribution is 6.53. The van der Waals surface area contributed by atoms with Crippen LogP contribution in [-0.2, 0) is 19.0 Å². The number of carbonyl (C=O) groups is 3. The molecule has 0 bridgehead atoms. The first kappa shape index (κ1) is 22.6. The molecule has 0 unspecified atom stereocenters. The van der Waals surface area contributed by atoms with E-state index in [4.69, 9.17) is 9.39 Å². The highest BCUT2D eigenvalue weighted by Gasteiger charge is 2.59. The van der Waals surface area contributed by atoms with Crippen LogP contribution in [0, 0.1) is 17.8 Å². The van der Waals surface area contributed by atoms with Crippen molar-refractivity contribution in [3.05, 3.63) is 53.0 Å². The molecule has 3 aliphatic rings. The monoisotopic (exact) mass is 463 g/mol. The molecule has 4 atom stereocenters. The zero-order valence-corrected chi connectivity index (χ0v) is 19.1. The average molecular weight is 463 g/mol. The number of phenols is 1. The number of benzene rings is 2. The molecule has 2 fully saturated rings. The minimum Gasteiger partial charge on any atom is -0.507 e. The molecule has 0 spiro atoms. The number of imide groups is 3. The number of hydrogen-bond donors (Lipinski definition) is 2. The molecule has 2 aromatic carbocycles. The van der Waals surface area contributed by atoms with Gasteiger partial charge in [0.25, 0.3) is 0 Å². The van der Waals surface area contributed by atoms with Gasteiger partial charge in [-0.1, -0.05) is 49.2 Å². The molecule has 2 N–H and O–H groups in total. The fourth-order valence-electron chi connectivity index (χ4n) is 6.01. The van der Waals surface area contributed by atoms with Gasteiger partial charge in [0.2, 0.25) is 11.8 Å². The van der Waals surface area contributed by atoms with Gasteiger partial charge in [-0.2, -0.15) is 4.90 Å². The third-order valence-electron chi connectivity index (χ3n) is 7.40. The van der Waals surface area contributed by atoms with Gasteiger partial charge in [-0.15, -0.1) is 0 Å². The maximum absolute atomic E-state index is 13.3. The van der Waals surface area contributed by atoms with Gasteiger partial charge < -0.3 is 19.5 Å². The molecular weight excluding hydrogens is 437 g/mol. The molecule has 3 amide bonds. The molecule has 2 saturated heterocycles. The Morgan fingerprint density at radius 2 is 1.88 bits per heavy atom. The summed E-state index contributed by atoms with van der Waals surface area (Å²) in [5.74, 6) is -2.85. The van der Waals surface area contributed by atoms with Crippen molar-refractivity contribution < 1.29 is 33.9 Å². The first-order valence-electron chi connectivity index (χ1n) is 11.6. The van der Waals surface area contributed by atoms with Gasteiger partial charge >= 0.3 is 13.2 Å². The van der Waals surface area contributed by atoms with Crippen molar-refractivity contribution >= 4 is 35.8 Å². The van der Waals surface area contributed by atoms with Crippen molar-refractivity contribution in [2.45, 2.75) is 38.7 Å². The first-order valence-corrected chi connectivity index (χ1v) is 11.6. The lowest BCUT2D eigenvalue weighted by molar-refractivity contribution is -0.137. The predicted molar refractivity (Wildman–Crippen MR) is 123 cm³/mol. The molecule has 2 aromatic rings. The standard InChI is InChI=1S/C25H26BNO7/c1-3-6-13-11-18-21(24(30)27(23(18)29)25(31)33-2)17-12-20(34-26(32)22(13)17)16-9-10-19(28)15-8-5-4-7-14(15)16/h4-5,7-10,17-18,20-21,28,32H,3,6,11-12H2,1-2H3/t17-,18-,20-,21+/m0/s1. The largest absolute Gasteiger partial charge is 0.507 e. The van der Waals surface area contributed by atoms with Crippen LogP contribution in [0.1, 0.15) is 44.3 Å². The molecule has 2 heterocycles. The van der Waals surface area contributed by atoms with E-state index >= 15 is 0 Å². The number of fused-ring (bicyclic) bond motifs is 4. The van der Waals surface area contributed by atoms with Gasteiger partial charge in [-0.05, 0) is 47.7 Å². The number of amides is 3. The maximum atomic E-state index is 13.3. The van der Waals surface area contributed by atoms with E-state index in [9.17, 15) is 24.5 Å². The highest BCUT2D eigenvalue weighted by Crippen LogP contribution is 2.52. The number of nitrogens with zero attached hydrogens (tertiary/aromatic N) is 1. The Balaban J connectivity index is 1.59. The zero-order valence-electron chi connectivity index (χ0n) is 19.1. The molecule has 0 saturated carbocycles. The number of ether oxygens (including phenoxy) is 1. The van der Waals surface area contributed by atoms with Gasteiger partial charge in [-0.3, -0.25) is 9.59 Å². The molecule has 176 valence electrons. The van der Waals surface area contributed by atoms with E-state index in [1.165, 1.54) is 0 Å². The lowest BCUT2D eigenvalue weighted by Gasteiger charge is -2.42. The molecule has 34 heavy (non-hydrogen) atoms. The Kier molecular flexibility index (Phi) is 5.69. The summed E-state index contributed by atoms with van der Waals surface area (Å²) < 4.78 is 10.8. The summed E-state index contributed by atoms with van der Waals surface area (Å²) in [7, 11) is -0.0878. The van der Waals surface area contributed by atoms with Crippen LogP contribution >= 0.6 is 0 Å². The number of hydrogen-bond acceptors (Lipinski definition) is 7. The van der Waals surface area contributed by atoms with E-state index in [0.29, 0.717) is 35.0 Å². The Labute approximate surface area is 197 Å². The second-order valence-electron chi connectivity index (χ2n) is 9.17. The predicted octanol–water partition coefficient (Wildman–Crippen LogP) is 3.51. The van der Waals surface area contributed by atoms with Crippen LogP contribution in [0.15, 0.2) is 47.4 Å². The molecular formula is C25H26BNO7. The summed E-state index contributed by atoms with van der Waals surface area (Å²) in [6.07, 6.45) is 0.619. The smallest absolute Gasteiger partial charge is 0.487 e. The Morgan fingerprint density at radius 1 is 1.15 bits per heavy atom. The fraction of sp³-hybridized carbons (Fsp3) is 0.400. The fourth-order valence-corrected chi connectivity index (χ4v) is 6.01. The van der Waals surface area contributed by atoms with Crippen LogP contribution in [0.4, 0.5) is 4.79 Å². The third kappa shape index (κ3) is 3.34. The lowest BCUT2D eigenvalue weighted by Crippen LogP contribution is -2.45. The molecule has 1 aliphatic carbocycles. The molecule has 8 nitrogen and oxygen atoms in total. The van der Waals surface area contributed by atoms with E-state index in [1.54, 1.807) is 12.1 Å². The van der Waals surface area contributed by atoms with Crippen molar-refractivity contribution in [1.82, 2.24) is 4.90 Å². The summed E-state index contributed by atoms with van der Waals surface area (Å²) in [6, 6.07) is 10.7. The second-order valence-corrected chi connectivity index (χ2v) is 9.17. The molecule has 0 radical (unpaired) electrons. The Bertz CT molecular complexity index is 1220. The summed E-state index contributed by atoms with van der Waals surface area (Å²) in [5, 5.41) is 22.9. The molecule has 2 aliphatic heterocycles. The summed E-state index contributed by atoms with van der Waals surface area (Å²) >= 11 is 0. The number of phenolic OH excluding ortho intramolecular Hbond substituents is 1. The van der Waals surface area contributed by atoms with Gasteiger partial charge in [0.15, 0.2) is 0 Å². The van der Waals surface area contributed by atoms with Gasteiger partial charge in [0.05, 0.1) is 25.0 Å². The normalized spacial score (nSPS) is 26.7. The van der Waals surface area contributed by atoms with Crippen molar-refractivity contribution in [2.24, 2.45) is 17.8 Å². The van der Waals surface area contributed by atoms with Crippen LogP contribution in [0.3, 0.4) is 0 Å². The maximum Gasteiger partial charge on any atom is 0.487 e. The van der Waals surface area contributed by atoms with Gasteiger partial charge in [-0.25, -0.2) is 4.79 Å². The minimum absolute atomic E-state index is 0.143. The van der Waals surface area contributed by atoms with Gasteiger partial charge in [0, 0.05) is 5.39 Å². The van der Waals surface area contributed by atoms with E-state index < -0.39 is 48.9 Å². The topological polar surface area (TPSA) is 113 Å². The summed E-state index contributed by atoms with van der Waals surface area (Å²) in [6.45, 7) is 2.01. The van der Waals surface area contributed by atoms with E-state index in [-0.39, 0.29) is 5.75 Å². The Hall–Kier alpha value is -3.17. The van der Waals surface area contributed by atoms with Crippen LogP contribution in [0.5, 0.6) is 5.75 Å². The minimum atomic E-state index is -1.23. The number of methoxy groups -OCH3 is 1. The Morgan fingerprint density at radius 3 is 2.59 bits per heavy atom.